The van der Waals surface area contributed by atoms with Gasteiger partial charge in [0.2, 0.25) is 0 Å². The van der Waals surface area contributed by atoms with Gasteiger partial charge in [0, 0.05) is 27.7 Å². The molecule has 3 N–H and O–H groups in total. The van der Waals surface area contributed by atoms with Crippen LogP contribution in [0, 0.1) is 5.82 Å². The van der Waals surface area contributed by atoms with Gasteiger partial charge >= 0.3 is 0 Å². The van der Waals surface area contributed by atoms with Crippen LogP contribution < -0.4 is 5.73 Å². The number of fused-ring (bicyclic) bond motifs is 3. The first-order valence-corrected chi connectivity index (χ1v) is 9.83. The summed E-state index contributed by atoms with van der Waals surface area (Å²) in [5, 5.41) is 0. The lowest BCUT2D eigenvalue weighted by molar-refractivity contribution is 0.0694. The lowest BCUT2D eigenvalue weighted by atomic mass is 10.1. The lowest BCUT2D eigenvalue weighted by Crippen LogP contribution is -2.34. The van der Waals surface area contributed by atoms with Gasteiger partial charge in [0.15, 0.2) is 0 Å². The highest BCUT2D eigenvalue weighted by atomic mass is 79.9. The summed E-state index contributed by atoms with van der Waals surface area (Å²) >= 11 is 3.26. The third-order valence-corrected chi connectivity index (χ3v) is 5.71. The number of hydrogen-bond donors (Lipinski definition) is 2. The molecule has 0 aliphatic carbocycles. The number of halogens is 2. The number of H-pyrrole nitrogens is 1. The van der Waals surface area contributed by atoms with Gasteiger partial charge in [-0.3, -0.25) is 4.79 Å². The van der Waals surface area contributed by atoms with E-state index in [0.29, 0.717) is 46.8 Å². The van der Waals surface area contributed by atoms with Crippen LogP contribution in [0.1, 0.15) is 47.1 Å². The Bertz CT molecular complexity index is 1080. The number of pyridine rings is 1. The third kappa shape index (κ3) is 3.06. The summed E-state index contributed by atoms with van der Waals surface area (Å²) in [5.41, 5.74) is 10.1. The number of nitrogens with two attached hydrogens (primary N) is 1. The summed E-state index contributed by atoms with van der Waals surface area (Å²) in [4.78, 5) is 22.4. The van der Waals surface area contributed by atoms with E-state index in [9.17, 15) is 9.18 Å². The smallest absolute Gasteiger partial charge is 0.270 e. The molecule has 3 heterocycles. The lowest BCUT2D eigenvalue weighted by Gasteiger charge is -2.28. The van der Waals surface area contributed by atoms with Gasteiger partial charge in [-0.25, -0.2) is 9.37 Å². The molecular weight excluding hydrogens is 427 g/mol. The molecule has 0 fully saturated rings. The Morgan fingerprint density at radius 2 is 2.14 bits per heavy atom. The highest BCUT2D eigenvalue weighted by Crippen LogP contribution is 2.32. The van der Waals surface area contributed by atoms with Gasteiger partial charge in [0.1, 0.15) is 17.3 Å². The van der Waals surface area contributed by atoms with E-state index < -0.39 is 6.04 Å². The maximum atomic E-state index is 14.4. The van der Waals surface area contributed by atoms with Gasteiger partial charge in [-0.15, -0.1) is 0 Å². The van der Waals surface area contributed by atoms with Crippen molar-refractivity contribution in [2.45, 2.75) is 33.1 Å². The fourth-order valence-corrected chi connectivity index (χ4v) is 4.04. The number of rotatable bonds is 4. The van der Waals surface area contributed by atoms with Crippen molar-refractivity contribution < 1.29 is 13.9 Å². The Hall–Kier alpha value is -2.45. The third-order valence-electron chi connectivity index (χ3n) is 5.22. The van der Waals surface area contributed by atoms with Crippen molar-refractivity contribution in [1.82, 2.24) is 14.9 Å². The Balaban J connectivity index is 1.71. The summed E-state index contributed by atoms with van der Waals surface area (Å²) in [6, 6.07) is 6.14. The van der Waals surface area contributed by atoms with E-state index in [1.807, 2.05) is 13.8 Å². The summed E-state index contributed by atoms with van der Waals surface area (Å²) in [6.07, 6.45) is 0. The van der Waals surface area contributed by atoms with Gasteiger partial charge in [0.25, 0.3) is 5.91 Å². The number of benzene rings is 1. The maximum absolute atomic E-state index is 14.4. The predicted octanol–water partition coefficient (Wildman–Crippen LogP) is 4.30. The van der Waals surface area contributed by atoms with Crippen LogP contribution in [0.2, 0.25) is 0 Å². The fraction of sp³-hybridized carbons (Fsp3) is 0.300. The van der Waals surface area contributed by atoms with Crippen molar-refractivity contribution in [3.63, 3.8) is 0 Å². The van der Waals surface area contributed by atoms with Crippen molar-refractivity contribution in [3.8, 4) is 0 Å². The number of nitrogen functional groups attached to an aromatic ring is 1. The van der Waals surface area contributed by atoms with Crippen molar-refractivity contribution >= 4 is 38.7 Å². The van der Waals surface area contributed by atoms with E-state index in [4.69, 9.17) is 10.5 Å². The molecule has 1 aliphatic heterocycles. The molecule has 3 aromatic rings. The number of aromatic nitrogens is 2. The van der Waals surface area contributed by atoms with Crippen molar-refractivity contribution in [2.75, 3.05) is 12.3 Å². The van der Waals surface area contributed by atoms with Crippen LogP contribution in [0.25, 0.3) is 11.0 Å². The molecule has 2 aromatic heterocycles. The Morgan fingerprint density at radius 3 is 2.86 bits per heavy atom. The van der Waals surface area contributed by atoms with E-state index in [1.54, 1.807) is 23.1 Å². The van der Waals surface area contributed by atoms with E-state index in [2.05, 4.69) is 25.9 Å². The summed E-state index contributed by atoms with van der Waals surface area (Å²) in [5.74, 6) is -0.147. The summed E-state index contributed by atoms with van der Waals surface area (Å²) in [7, 11) is 0. The van der Waals surface area contributed by atoms with E-state index in [0.717, 1.165) is 16.6 Å². The molecule has 4 rings (SSSR count). The minimum atomic E-state index is -0.427. The Kier molecular flexibility index (Phi) is 4.84. The molecule has 1 atom stereocenters. The number of carbonyl (C=O) groups excluding carboxylic acids is 1. The quantitative estimate of drug-likeness (QED) is 0.625. The molecular formula is C20H20BrFN4O2. The zero-order chi connectivity index (χ0) is 20.0. The van der Waals surface area contributed by atoms with Crippen LogP contribution in [-0.4, -0.2) is 27.3 Å². The highest BCUT2D eigenvalue weighted by molar-refractivity contribution is 9.10. The number of nitrogens with one attached hydrogen (secondary N) is 1. The molecule has 0 saturated heterocycles. The largest absolute Gasteiger partial charge is 0.383 e. The van der Waals surface area contributed by atoms with Crippen molar-refractivity contribution in [3.05, 3.63) is 56.9 Å². The molecule has 1 aliphatic rings. The SMILES string of the molecule is CCN(C(=O)c1cc2nc(N)c3c(c2[nH]1)COC3)[C@@H](C)c1ccc(Br)cc1F. The van der Waals surface area contributed by atoms with Crippen LogP contribution in [-0.2, 0) is 18.0 Å². The van der Waals surface area contributed by atoms with Crippen LogP contribution in [0.3, 0.4) is 0 Å². The Morgan fingerprint density at radius 1 is 1.39 bits per heavy atom. The second kappa shape index (κ2) is 7.18. The second-order valence-corrected chi connectivity index (χ2v) is 7.74. The van der Waals surface area contributed by atoms with Crippen molar-refractivity contribution in [1.29, 1.82) is 0 Å². The summed E-state index contributed by atoms with van der Waals surface area (Å²) in [6.45, 7) is 4.98. The zero-order valence-corrected chi connectivity index (χ0v) is 17.1. The maximum Gasteiger partial charge on any atom is 0.270 e. The first kappa shape index (κ1) is 18.9. The molecule has 146 valence electrons. The normalized spacial score (nSPS) is 14.3. The Labute approximate surface area is 170 Å². The zero-order valence-electron chi connectivity index (χ0n) is 15.6. The van der Waals surface area contributed by atoms with Crippen LogP contribution in [0.4, 0.5) is 10.2 Å². The number of nitrogens with zero attached hydrogens (tertiary/aromatic N) is 2. The number of hydrogen-bond acceptors (Lipinski definition) is 4. The first-order valence-electron chi connectivity index (χ1n) is 9.04. The molecule has 0 spiro atoms. The van der Waals surface area contributed by atoms with Gasteiger partial charge in [-0.05, 0) is 32.0 Å². The molecule has 0 bridgehead atoms. The number of anilines is 1. The minimum absolute atomic E-state index is 0.221. The number of ether oxygens (including phenoxy) is 1. The molecule has 28 heavy (non-hydrogen) atoms. The van der Waals surface area contributed by atoms with Gasteiger partial charge in [0.05, 0.1) is 30.3 Å². The molecule has 1 amide bonds. The molecule has 0 unspecified atom stereocenters. The number of carbonyl (C=O) groups is 1. The molecule has 0 radical (unpaired) electrons. The standard InChI is InChI=1S/C20H20BrFN4O2/c1-3-26(10(2)12-5-4-11(21)6-15(12)22)20(27)17-7-16-18(24-17)13-8-28-9-14(13)19(23)25-16/h4-7,10,24H,3,8-9H2,1-2H3,(H2,23,25)/t10-/m0/s1. The summed E-state index contributed by atoms with van der Waals surface area (Å²) < 4.78 is 20.6. The van der Waals surface area contributed by atoms with Gasteiger partial charge in [-0.1, -0.05) is 22.0 Å². The van der Waals surface area contributed by atoms with Crippen LogP contribution in [0.5, 0.6) is 0 Å². The van der Waals surface area contributed by atoms with E-state index >= 15 is 0 Å². The molecule has 1 aromatic carbocycles. The van der Waals surface area contributed by atoms with Crippen molar-refractivity contribution in [2.24, 2.45) is 0 Å². The topological polar surface area (TPSA) is 84.2 Å². The van der Waals surface area contributed by atoms with Gasteiger partial charge < -0.3 is 20.4 Å². The molecule has 0 saturated carbocycles. The number of aromatic amines is 1. The molecule has 8 heteroatoms. The average Bonchev–Trinajstić information content (AvgIpc) is 3.28. The first-order chi connectivity index (χ1) is 13.4. The van der Waals surface area contributed by atoms with E-state index in [1.165, 1.54) is 6.07 Å². The predicted molar refractivity (Wildman–Crippen MR) is 108 cm³/mol. The van der Waals surface area contributed by atoms with Gasteiger partial charge in [-0.2, -0.15) is 0 Å². The average molecular weight is 447 g/mol. The minimum Gasteiger partial charge on any atom is -0.383 e. The van der Waals surface area contributed by atoms with Crippen LogP contribution >= 0.6 is 15.9 Å². The second-order valence-electron chi connectivity index (χ2n) is 6.82. The fourth-order valence-electron chi connectivity index (χ4n) is 3.71. The molecule has 6 nitrogen and oxygen atoms in total. The van der Waals surface area contributed by atoms with E-state index in [-0.39, 0.29) is 11.7 Å². The monoisotopic (exact) mass is 446 g/mol. The van der Waals surface area contributed by atoms with Crippen LogP contribution in [0.15, 0.2) is 28.7 Å². The highest BCUT2D eigenvalue weighted by Gasteiger charge is 2.27. The number of amides is 1.